The molecule has 0 aromatic heterocycles. The van der Waals surface area contributed by atoms with Crippen LogP contribution in [0.1, 0.15) is 40.5 Å². The van der Waals surface area contributed by atoms with Crippen molar-refractivity contribution in [2.75, 3.05) is 13.2 Å². The predicted molar refractivity (Wildman–Crippen MR) is 58.4 cm³/mol. The maximum atomic E-state index is 5.19. The Kier molecular flexibility index (Phi) is 4.90. The first-order chi connectivity index (χ1) is 6.61. The van der Waals surface area contributed by atoms with Gasteiger partial charge in [0.1, 0.15) is 0 Å². The van der Waals surface area contributed by atoms with E-state index >= 15 is 0 Å². The quantitative estimate of drug-likeness (QED) is 0.682. The minimum Gasteiger partial charge on any atom is -0.378 e. The molecular weight excluding hydrogens is 176 g/mol. The number of hydrogen-bond donors (Lipinski definition) is 0. The van der Waals surface area contributed by atoms with Gasteiger partial charge < -0.3 is 9.47 Å². The van der Waals surface area contributed by atoms with Gasteiger partial charge in [0.2, 0.25) is 0 Å². The Balaban J connectivity index is 0.000000140. The van der Waals surface area contributed by atoms with E-state index in [0.29, 0.717) is 12.2 Å². The normalized spacial score (nSPS) is 30.4. The Bertz CT molecular complexity index is 128. The van der Waals surface area contributed by atoms with Gasteiger partial charge in [-0.25, -0.2) is 0 Å². The van der Waals surface area contributed by atoms with Crippen LogP contribution in [0.25, 0.3) is 0 Å². The van der Waals surface area contributed by atoms with Gasteiger partial charge in [-0.15, -0.1) is 0 Å². The van der Waals surface area contributed by atoms with E-state index in [1.54, 1.807) is 0 Å². The molecule has 0 bridgehead atoms. The van der Waals surface area contributed by atoms with Crippen LogP contribution in [0.15, 0.2) is 0 Å². The van der Waals surface area contributed by atoms with Gasteiger partial charge in [-0.2, -0.15) is 0 Å². The van der Waals surface area contributed by atoms with Gasteiger partial charge in [0.15, 0.2) is 0 Å². The fourth-order valence-electron chi connectivity index (χ4n) is 1.56. The highest BCUT2D eigenvalue weighted by atomic mass is 16.5. The predicted octanol–water partition coefficient (Wildman–Crippen LogP) is 2.86. The molecule has 0 radical (unpaired) electrons. The lowest BCUT2D eigenvalue weighted by Gasteiger charge is -2.29. The molecule has 0 spiro atoms. The lowest BCUT2D eigenvalue weighted by molar-refractivity contribution is -0.0763. The van der Waals surface area contributed by atoms with Crippen LogP contribution in [-0.4, -0.2) is 25.4 Å². The van der Waals surface area contributed by atoms with Crippen LogP contribution in [0.4, 0.5) is 0 Å². The van der Waals surface area contributed by atoms with Gasteiger partial charge >= 0.3 is 0 Å². The average Bonchev–Trinajstić information content (AvgIpc) is 1.74. The molecule has 0 aromatic carbocycles. The molecule has 0 aromatic rings. The van der Waals surface area contributed by atoms with Crippen LogP contribution in [0.3, 0.4) is 0 Å². The maximum Gasteiger partial charge on any atom is 0.0619 e. The Morgan fingerprint density at radius 3 is 1.07 bits per heavy atom. The van der Waals surface area contributed by atoms with Gasteiger partial charge in [0, 0.05) is 13.2 Å². The molecule has 14 heavy (non-hydrogen) atoms. The number of ether oxygens (including phenoxy) is 2. The number of hydrogen-bond acceptors (Lipinski definition) is 2. The standard InChI is InChI=1S/2C6H12O/c2*1-5(2)6-3-4-7-6/h2*5-6H,3-4H2,1-2H3/t2*6-/m10/s1. The van der Waals surface area contributed by atoms with Crippen molar-refractivity contribution in [1.82, 2.24) is 0 Å². The number of rotatable bonds is 2. The van der Waals surface area contributed by atoms with Crippen LogP contribution in [-0.2, 0) is 9.47 Å². The molecule has 2 nitrogen and oxygen atoms in total. The Hall–Kier alpha value is -0.0800. The molecule has 2 fully saturated rings. The van der Waals surface area contributed by atoms with Gasteiger partial charge in [-0.1, -0.05) is 27.7 Å². The van der Waals surface area contributed by atoms with E-state index in [4.69, 9.17) is 9.47 Å². The van der Waals surface area contributed by atoms with Crippen molar-refractivity contribution in [3.63, 3.8) is 0 Å². The van der Waals surface area contributed by atoms with Crippen LogP contribution in [0.5, 0.6) is 0 Å². The van der Waals surface area contributed by atoms with E-state index in [9.17, 15) is 0 Å². The molecule has 0 saturated carbocycles. The summed E-state index contributed by atoms with van der Waals surface area (Å²) >= 11 is 0. The second kappa shape index (κ2) is 5.72. The molecular formula is C12H24O2. The molecule has 0 N–H and O–H groups in total. The zero-order valence-corrected chi connectivity index (χ0v) is 9.95. The molecule has 2 heteroatoms. The second-order valence-corrected chi connectivity index (χ2v) is 4.88. The van der Waals surface area contributed by atoms with Crippen LogP contribution in [0.2, 0.25) is 0 Å². The van der Waals surface area contributed by atoms with Crippen LogP contribution < -0.4 is 0 Å². The van der Waals surface area contributed by atoms with Crippen molar-refractivity contribution in [3.05, 3.63) is 0 Å². The fraction of sp³-hybridized carbons (Fsp3) is 1.00. The smallest absolute Gasteiger partial charge is 0.0619 e. The summed E-state index contributed by atoms with van der Waals surface area (Å²) in [5.41, 5.74) is 0. The Morgan fingerprint density at radius 1 is 0.786 bits per heavy atom. The van der Waals surface area contributed by atoms with Crippen LogP contribution in [0, 0.1) is 11.8 Å². The van der Waals surface area contributed by atoms with E-state index in [-0.39, 0.29) is 0 Å². The maximum absolute atomic E-state index is 5.19. The highest BCUT2D eigenvalue weighted by Gasteiger charge is 2.21. The van der Waals surface area contributed by atoms with E-state index in [1.165, 1.54) is 12.8 Å². The minimum atomic E-state index is 0.583. The highest BCUT2D eigenvalue weighted by molar-refractivity contribution is 4.69. The van der Waals surface area contributed by atoms with Crippen molar-refractivity contribution in [3.8, 4) is 0 Å². The third-order valence-electron chi connectivity index (χ3n) is 2.96. The summed E-state index contributed by atoms with van der Waals surface area (Å²) in [6.07, 6.45) is 3.72. The van der Waals surface area contributed by atoms with Gasteiger partial charge in [0.25, 0.3) is 0 Å². The molecule has 84 valence electrons. The van der Waals surface area contributed by atoms with Crippen molar-refractivity contribution in [1.29, 1.82) is 0 Å². The lowest BCUT2D eigenvalue weighted by atomic mass is 10.0. The van der Waals surface area contributed by atoms with E-state index in [0.717, 1.165) is 25.0 Å². The summed E-state index contributed by atoms with van der Waals surface area (Å²) in [6, 6.07) is 0. The zero-order chi connectivity index (χ0) is 10.6. The van der Waals surface area contributed by atoms with Gasteiger partial charge in [-0.3, -0.25) is 0 Å². The SMILES string of the molecule is CC(C)[C@@H]1CCO1.CC(C)[C@H]1CCO1. The molecule has 2 heterocycles. The molecule has 0 unspecified atom stereocenters. The van der Waals surface area contributed by atoms with Crippen molar-refractivity contribution >= 4 is 0 Å². The topological polar surface area (TPSA) is 18.5 Å². The summed E-state index contributed by atoms with van der Waals surface area (Å²) < 4.78 is 10.4. The average molecular weight is 200 g/mol. The first kappa shape index (κ1) is 12.0. The molecule has 2 aliphatic heterocycles. The largest absolute Gasteiger partial charge is 0.378 e. The van der Waals surface area contributed by atoms with Crippen molar-refractivity contribution < 1.29 is 9.47 Å². The molecule has 0 aliphatic carbocycles. The summed E-state index contributed by atoms with van der Waals surface area (Å²) in [6.45, 7) is 10.8. The fourth-order valence-corrected chi connectivity index (χ4v) is 1.56. The Labute approximate surface area is 88.0 Å². The highest BCUT2D eigenvalue weighted by Crippen LogP contribution is 2.19. The second-order valence-electron chi connectivity index (χ2n) is 4.88. The zero-order valence-electron chi connectivity index (χ0n) is 9.95. The minimum absolute atomic E-state index is 0.583. The summed E-state index contributed by atoms with van der Waals surface area (Å²) in [4.78, 5) is 0. The van der Waals surface area contributed by atoms with Crippen LogP contribution >= 0.6 is 0 Å². The van der Waals surface area contributed by atoms with Crippen molar-refractivity contribution in [2.45, 2.75) is 52.7 Å². The molecule has 2 saturated heterocycles. The third-order valence-corrected chi connectivity index (χ3v) is 2.96. The summed E-state index contributed by atoms with van der Waals surface area (Å²) in [5, 5.41) is 0. The van der Waals surface area contributed by atoms with E-state index in [2.05, 4.69) is 27.7 Å². The summed E-state index contributed by atoms with van der Waals surface area (Å²) in [7, 11) is 0. The monoisotopic (exact) mass is 200 g/mol. The molecule has 2 aliphatic rings. The Morgan fingerprint density at radius 2 is 1.07 bits per heavy atom. The van der Waals surface area contributed by atoms with Crippen molar-refractivity contribution in [2.24, 2.45) is 11.8 Å². The molecule has 0 amide bonds. The van der Waals surface area contributed by atoms with Gasteiger partial charge in [-0.05, 0) is 24.7 Å². The summed E-state index contributed by atoms with van der Waals surface area (Å²) in [5.74, 6) is 1.46. The van der Waals surface area contributed by atoms with E-state index < -0.39 is 0 Å². The molecule has 2 rings (SSSR count). The lowest BCUT2D eigenvalue weighted by Crippen LogP contribution is -2.31. The van der Waals surface area contributed by atoms with E-state index in [1.807, 2.05) is 0 Å². The third kappa shape index (κ3) is 3.58. The van der Waals surface area contributed by atoms with Gasteiger partial charge in [0.05, 0.1) is 12.2 Å². The first-order valence-electron chi connectivity index (χ1n) is 5.84. The molecule has 2 atom stereocenters. The first-order valence-corrected chi connectivity index (χ1v) is 5.84.